The fourth-order valence-corrected chi connectivity index (χ4v) is 3.43. The maximum Gasteiger partial charge on any atom is 0.240 e. The van der Waals surface area contributed by atoms with Crippen molar-refractivity contribution in [3.8, 4) is 0 Å². The number of benzene rings is 1. The van der Waals surface area contributed by atoms with E-state index in [1.54, 1.807) is 23.5 Å². The number of thiophene rings is 1. The number of nitrogens with one attached hydrogen (secondary N) is 2. The fourth-order valence-electron chi connectivity index (χ4n) is 1.84. The number of sulfonamides is 1. The quantitative estimate of drug-likeness (QED) is 0.893. The van der Waals surface area contributed by atoms with Crippen molar-refractivity contribution in [3.63, 3.8) is 0 Å². The van der Waals surface area contributed by atoms with Crippen LogP contribution in [0.5, 0.6) is 0 Å². The van der Waals surface area contributed by atoms with Gasteiger partial charge in [0.15, 0.2) is 0 Å². The van der Waals surface area contributed by atoms with Crippen LogP contribution in [0.2, 0.25) is 0 Å². The molecule has 0 atom stereocenters. The molecule has 0 aliphatic carbocycles. The molecule has 108 valence electrons. The fraction of sp³-hybridized carbons (Fsp3) is 0.286. The zero-order valence-electron chi connectivity index (χ0n) is 11.7. The molecular weight excluding hydrogens is 292 g/mol. The van der Waals surface area contributed by atoms with Crippen molar-refractivity contribution in [1.82, 2.24) is 4.72 Å². The first-order chi connectivity index (χ1) is 9.42. The molecule has 1 heterocycles. The first kappa shape index (κ1) is 15.0. The third kappa shape index (κ3) is 3.39. The van der Waals surface area contributed by atoms with Gasteiger partial charge in [-0.15, -0.1) is 11.3 Å². The molecule has 0 spiro atoms. The predicted molar refractivity (Wildman–Crippen MR) is 83.8 cm³/mol. The SMILES string of the molecule is CNS(=O)(=O)c1ccc(C)c(NCc2ccc(C)s2)c1. The summed E-state index contributed by atoms with van der Waals surface area (Å²) in [6.45, 7) is 4.72. The van der Waals surface area contributed by atoms with E-state index < -0.39 is 10.0 Å². The van der Waals surface area contributed by atoms with Gasteiger partial charge in [-0.2, -0.15) is 0 Å². The van der Waals surface area contributed by atoms with Crippen molar-refractivity contribution in [2.45, 2.75) is 25.3 Å². The minimum Gasteiger partial charge on any atom is -0.380 e. The molecule has 0 saturated heterocycles. The molecule has 0 saturated carbocycles. The minimum atomic E-state index is -3.40. The number of anilines is 1. The van der Waals surface area contributed by atoms with Gasteiger partial charge in [0.1, 0.15) is 0 Å². The molecule has 2 rings (SSSR count). The Balaban J connectivity index is 2.21. The molecule has 1 aromatic carbocycles. The standard InChI is InChI=1S/C14H18N2O2S2/c1-10-4-7-13(20(17,18)15-3)8-14(10)16-9-12-6-5-11(2)19-12/h4-8,15-16H,9H2,1-3H3. The predicted octanol–water partition coefficient (Wildman–Crippen LogP) is 2.89. The molecule has 0 bridgehead atoms. The van der Waals surface area contributed by atoms with E-state index in [0.29, 0.717) is 6.54 Å². The molecule has 0 radical (unpaired) electrons. The van der Waals surface area contributed by atoms with Gasteiger partial charge in [-0.25, -0.2) is 13.1 Å². The highest BCUT2D eigenvalue weighted by Crippen LogP contribution is 2.22. The summed E-state index contributed by atoms with van der Waals surface area (Å²) >= 11 is 1.73. The molecule has 0 fully saturated rings. The second kappa shape index (κ2) is 5.95. The van der Waals surface area contributed by atoms with Crippen LogP contribution in [0.25, 0.3) is 0 Å². The summed E-state index contributed by atoms with van der Waals surface area (Å²) in [7, 11) is -1.99. The second-order valence-electron chi connectivity index (χ2n) is 4.55. The molecule has 2 N–H and O–H groups in total. The third-order valence-corrected chi connectivity index (χ3v) is 5.45. The molecule has 0 amide bonds. The smallest absolute Gasteiger partial charge is 0.240 e. The molecule has 0 unspecified atom stereocenters. The van der Waals surface area contributed by atoms with E-state index in [-0.39, 0.29) is 4.90 Å². The van der Waals surface area contributed by atoms with Crippen LogP contribution in [0, 0.1) is 13.8 Å². The van der Waals surface area contributed by atoms with Crippen LogP contribution in [0.4, 0.5) is 5.69 Å². The lowest BCUT2D eigenvalue weighted by Gasteiger charge is -2.11. The molecule has 0 aliphatic heterocycles. The lowest BCUT2D eigenvalue weighted by atomic mass is 10.2. The van der Waals surface area contributed by atoms with Gasteiger partial charge in [-0.05, 0) is 50.7 Å². The normalized spacial score (nSPS) is 11.6. The van der Waals surface area contributed by atoms with Gasteiger partial charge in [0.25, 0.3) is 0 Å². The second-order valence-corrected chi connectivity index (χ2v) is 7.81. The van der Waals surface area contributed by atoms with Crippen molar-refractivity contribution in [1.29, 1.82) is 0 Å². The number of rotatable bonds is 5. The molecule has 2 aromatic rings. The minimum absolute atomic E-state index is 0.274. The molecular formula is C14H18N2O2S2. The van der Waals surface area contributed by atoms with Crippen molar-refractivity contribution in [3.05, 3.63) is 45.6 Å². The maximum absolute atomic E-state index is 11.8. The highest BCUT2D eigenvalue weighted by Gasteiger charge is 2.12. The Labute approximate surface area is 123 Å². The summed E-state index contributed by atoms with van der Waals surface area (Å²) in [5.41, 5.74) is 1.86. The topological polar surface area (TPSA) is 58.2 Å². The van der Waals surface area contributed by atoms with Crippen LogP contribution in [0.15, 0.2) is 35.2 Å². The Hall–Kier alpha value is -1.37. The van der Waals surface area contributed by atoms with Crippen LogP contribution in [0.1, 0.15) is 15.3 Å². The van der Waals surface area contributed by atoms with E-state index in [1.807, 2.05) is 13.0 Å². The Morgan fingerprint density at radius 1 is 1.15 bits per heavy atom. The van der Waals surface area contributed by atoms with E-state index in [1.165, 1.54) is 16.8 Å². The van der Waals surface area contributed by atoms with Gasteiger partial charge in [0, 0.05) is 22.0 Å². The van der Waals surface area contributed by atoms with Crippen LogP contribution >= 0.6 is 11.3 Å². The summed E-state index contributed by atoms with van der Waals surface area (Å²) in [5, 5.41) is 3.30. The van der Waals surface area contributed by atoms with E-state index in [2.05, 4.69) is 29.1 Å². The average Bonchev–Trinajstić information content (AvgIpc) is 2.83. The lowest BCUT2D eigenvalue weighted by Crippen LogP contribution is -2.18. The Morgan fingerprint density at radius 3 is 2.50 bits per heavy atom. The number of hydrogen-bond acceptors (Lipinski definition) is 4. The van der Waals surface area contributed by atoms with Gasteiger partial charge >= 0.3 is 0 Å². The van der Waals surface area contributed by atoms with Crippen LogP contribution in [-0.2, 0) is 16.6 Å². The van der Waals surface area contributed by atoms with Crippen molar-refractivity contribution in [2.24, 2.45) is 0 Å². The van der Waals surface area contributed by atoms with E-state index in [0.717, 1.165) is 11.3 Å². The van der Waals surface area contributed by atoms with Crippen LogP contribution in [0.3, 0.4) is 0 Å². The summed E-state index contributed by atoms with van der Waals surface area (Å²) in [4.78, 5) is 2.77. The Morgan fingerprint density at radius 2 is 1.90 bits per heavy atom. The van der Waals surface area contributed by atoms with Gasteiger partial charge in [0.2, 0.25) is 10.0 Å². The highest BCUT2D eigenvalue weighted by molar-refractivity contribution is 7.89. The Kier molecular flexibility index (Phi) is 4.47. The summed E-state index contributed by atoms with van der Waals surface area (Å²) in [6, 6.07) is 9.25. The third-order valence-electron chi connectivity index (χ3n) is 3.04. The zero-order valence-corrected chi connectivity index (χ0v) is 13.4. The summed E-state index contributed by atoms with van der Waals surface area (Å²) < 4.78 is 25.9. The van der Waals surface area contributed by atoms with Crippen molar-refractivity contribution in [2.75, 3.05) is 12.4 Å². The zero-order chi connectivity index (χ0) is 14.8. The summed E-state index contributed by atoms with van der Waals surface area (Å²) in [6.07, 6.45) is 0. The van der Waals surface area contributed by atoms with Gasteiger partial charge in [-0.1, -0.05) is 6.07 Å². The summed E-state index contributed by atoms with van der Waals surface area (Å²) in [5.74, 6) is 0. The first-order valence-corrected chi connectivity index (χ1v) is 8.56. The molecule has 4 nitrogen and oxygen atoms in total. The lowest BCUT2D eigenvalue weighted by molar-refractivity contribution is 0.588. The number of aryl methyl sites for hydroxylation is 2. The monoisotopic (exact) mass is 310 g/mol. The molecule has 20 heavy (non-hydrogen) atoms. The Bertz CT molecular complexity index is 706. The van der Waals surface area contributed by atoms with E-state index >= 15 is 0 Å². The van der Waals surface area contributed by atoms with E-state index in [4.69, 9.17) is 0 Å². The number of hydrogen-bond donors (Lipinski definition) is 2. The van der Waals surface area contributed by atoms with Gasteiger partial charge in [-0.3, -0.25) is 0 Å². The molecule has 1 aromatic heterocycles. The van der Waals surface area contributed by atoms with E-state index in [9.17, 15) is 8.42 Å². The highest BCUT2D eigenvalue weighted by atomic mass is 32.2. The maximum atomic E-state index is 11.8. The molecule has 6 heteroatoms. The van der Waals surface area contributed by atoms with Crippen molar-refractivity contribution >= 4 is 27.0 Å². The molecule has 0 aliphatic rings. The average molecular weight is 310 g/mol. The van der Waals surface area contributed by atoms with Gasteiger partial charge in [0.05, 0.1) is 4.90 Å². The van der Waals surface area contributed by atoms with Gasteiger partial charge < -0.3 is 5.32 Å². The van der Waals surface area contributed by atoms with Crippen LogP contribution < -0.4 is 10.0 Å². The largest absolute Gasteiger partial charge is 0.380 e. The van der Waals surface area contributed by atoms with Crippen molar-refractivity contribution < 1.29 is 8.42 Å². The first-order valence-electron chi connectivity index (χ1n) is 6.26. The van der Waals surface area contributed by atoms with Crippen LogP contribution in [-0.4, -0.2) is 15.5 Å².